The molecule has 0 spiro atoms. The lowest BCUT2D eigenvalue weighted by atomic mass is 10.1. The molecule has 0 aliphatic carbocycles. The van der Waals surface area contributed by atoms with E-state index in [1.807, 2.05) is 24.3 Å². The third-order valence-electron chi connectivity index (χ3n) is 2.81. The Kier molecular flexibility index (Phi) is 3.86. The van der Waals surface area contributed by atoms with E-state index in [2.05, 4.69) is 6.92 Å². The molecular weight excluding hydrogens is 212 g/mol. The molecular formula is C15H18O2. The smallest absolute Gasteiger partial charge is 0.119 e. The largest absolute Gasteiger partial charge is 0.508 e. The standard InChI is InChI=1S/C15H18O2/c1-2-3-4-9-17-15-8-6-12-10-14(16)7-5-13(12)11-15/h5-8,10-11,16H,2-4,9H2,1H3. The molecule has 2 heteroatoms. The van der Waals surface area contributed by atoms with Crippen LogP contribution in [-0.2, 0) is 0 Å². The molecule has 0 saturated carbocycles. The van der Waals surface area contributed by atoms with Gasteiger partial charge in [-0.1, -0.05) is 31.9 Å². The summed E-state index contributed by atoms with van der Waals surface area (Å²) in [6.07, 6.45) is 3.52. The minimum atomic E-state index is 0.300. The first kappa shape index (κ1) is 11.8. The Morgan fingerprint density at radius 1 is 1.00 bits per heavy atom. The fraction of sp³-hybridized carbons (Fsp3) is 0.333. The number of hydrogen-bond donors (Lipinski definition) is 1. The number of aromatic hydroxyl groups is 1. The van der Waals surface area contributed by atoms with E-state index in [9.17, 15) is 5.11 Å². The first-order valence-corrected chi connectivity index (χ1v) is 6.15. The van der Waals surface area contributed by atoms with E-state index in [1.54, 1.807) is 12.1 Å². The third kappa shape index (κ3) is 3.13. The lowest BCUT2D eigenvalue weighted by Gasteiger charge is -2.07. The molecule has 0 atom stereocenters. The van der Waals surface area contributed by atoms with Gasteiger partial charge in [0.2, 0.25) is 0 Å². The predicted molar refractivity (Wildman–Crippen MR) is 70.6 cm³/mol. The van der Waals surface area contributed by atoms with Crippen molar-refractivity contribution in [2.45, 2.75) is 26.2 Å². The number of phenolic OH excluding ortho intramolecular Hbond substituents is 1. The van der Waals surface area contributed by atoms with E-state index in [0.717, 1.165) is 29.5 Å². The maximum Gasteiger partial charge on any atom is 0.119 e. The number of rotatable bonds is 5. The van der Waals surface area contributed by atoms with Crippen molar-refractivity contribution in [3.63, 3.8) is 0 Å². The van der Waals surface area contributed by atoms with Crippen LogP contribution in [0.4, 0.5) is 0 Å². The van der Waals surface area contributed by atoms with Crippen molar-refractivity contribution in [1.29, 1.82) is 0 Å². The van der Waals surface area contributed by atoms with E-state index in [0.29, 0.717) is 5.75 Å². The number of benzene rings is 2. The molecule has 0 heterocycles. The van der Waals surface area contributed by atoms with E-state index in [1.165, 1.54) is 12.8 Å². The summed E-state index contributed by atoms with van der Waals surface area (Å²) < 4.78 is 5.68. The summed E-state index contributed by atoms with van der Waals surface area (Å²) in [6.45, 7) is 2.96. The van der Waals surface area contributed by atoms with Gasteiger partial charge in [0.05, 0.1) is 6.61 Å². The number of ether oxygens (including phenoxy) is 1. The monoisotopic (exact) mass is 230 g/mol. The van der Waals surface area contributed by atoms with Gasteiger partial charge in [-0.15, -0.1) is 0 Å². The van der Waals surface area contributed by atoms with Crippen LogP contribution in [0.2, 0.25) is 0 Å². The van der Waals surface area contributed by atoms with Crippen LogP contribution in [0.3, 0.4) is 0 Å². The van der Waals surface area contributed by atoms with Crippen molar-refractivity contribution in [1.82, 2.24) is 0 Å². The average Bonchev–Trinajstić information content (AvgIpc) is 2.35. The van der Waals surface area contributed by atoms with E-state index in [-0.39, 0.29) is 0 Å². The summed E-state index contributed by atoms with van der Waals surface area (Å²) in [7, 11) is 0. The van der Waals surface area contributed by atoms with Crippen molar-refractivity contribution in [2.75, 3.05) is 6.61 Å². The molecule has 0 amide bonds. The van der Waals surface area contributed by atoms with Crippen LogP contribution in [0.5, 0.6) is 11.5 Å². The molecule has 17 heavy (non-hydrogen) atoms. The van der Waals surface area contributed by atoms with Gasteiger partial charge in [-0.05, 0) is 41.5 Å². The topological polar surface area (TPSA) is 29.5 Å². The first-order chi connectivity index (χ1) is 8.29. The lowest BCUT2D eigenvalue weighted by Crippen LogP contribution is -1.96. The van der Waals surface area contributed by atoms with E-state index >= 15 is 0 Å². The van der Waals surface area contributed by atoms with Gasteiger partial charge in [0, 0.05) is 0 Å². The minimum absolute atomic E-state index is 0.300. The van der Waals surface area contributed by atoms with E-state index in [4.69, 9.17) is 4.74 Å². The SMILES string of the molecule is CCCCCOc1ccc2cc(O)ccc2c1. The fourth-order valence-electron chi connectivity index (χ4n) is 1.84. The maximum atomic E-state index is 9.37. The fourth-order valence-corrected chi connectivity index (χ4v) is 1.84. The average molecular weight is 230 g/mol. The summed E-state index contributed by atoms with van der Waals surface area (Å²) >= 11 is 0. The molecule has 0 bridgehead atoms. The molecule has 90 valence electrons. The summed E-state index contributed by atoms with van der Waals surface area (Å²) in [4.78, 5) is 0. The molecule has 2 aromatic carbocycles. The molecule has 0 unspecified atom stereocenters. The highest BCUT2D eigenvalue weighted by molar-refractivity contribution is 5.85. The molecule has 0 aliphatic rings. The van der Waals surface area contributed by atoms with Gasteiger partial charge < -0.3 is 9.84 Å². The molecule has 2 rings (SSSR count). The van der Waals surface area contributed by atoms with Crippen LogP contribution in [0, 0.1) is 0 Å². The molecule has 0 radical (unpaired) electrons. The second kappa shape index (κ2) is 5.58. The number of fused-ring (bicyclic) bond motifs is 1. The van der Waals surface area contributed by atoms with Gasteiger partial charge in [0.1, 0.15) is 11.5 Å². The van der Waals surface area contributed by atoms with Crippen LogP contribution in [0.1, 0.15) is 26.2 Å². The quantitative estimate of drug-likeness (QED) is 0.783. The van der Waals surface area contributed by atoms with Crippen LogP contribution in [0.25, 0.3) is 10.8 Å². The zero-order valence-corrected chi connectivity index (χ0v) is 10.1. The Hall–Kier alpha value is -1.70. The molecule has 2 aromatic rings. The first-order valence-electron chi connectivity index (χ1n) is 6.15. The third-order valence-corrected chi connectivity index (χ3v) is 2.81. The molecule has 2 nitrogen and oxygen atoms in total. The number of hydrogen-bond acceptors (Lipinski definition) is 2. The molecule has 0 aliphatic heterocycles. The van der Waals surface area contributed by atoms with Crippen molar-refractivity contribution < 1.29 is 9.84 Å². The van der Waals surface area contributed by atoms with Gasteiger partial charge in [-0.3, -0.25) is 0 Å². The van der Waals surface area contributed by atoms with Crippen LogP contribution < -0.4 is 4.74 Å². The summed E-state index contributed by atoms with van der Waals surface area (Å²) in [5.41, 5.74) is 0. The Morgan fingerprint density at radius 3 is 2.59 bits per heavy atom. The minimum Gasteiger partial charge on any atom is -0.508 e. The highest BCUT2D eigenvalue weighted by Crippen LogP contribution is 2.24. The van der Waals surface area contributed by atoms with E-state index < -0.39 is 0 Å². The Labute approximate surface area is 102 Å². The summed E-state index contributed by atoms with van der Waals surface area (Å²) in [6, 6.07) is 11.3. The molecule has 0 fully saturated rings. The van der Waals surface area contributed by atoms with Crippen molar-refractivity contribution in [3.8, 4) is 11.5 Å². The molecule has 0 saturated heterocycles. The van der Waals surface area contributed by atoms with Crippen molar-refractivity contribution in [3.05, 3.63) is 36.4 Å². The Balaban J connectivity index is 2.07. The highest BCUT2D eigenvalue weighted by atomic mass is 16.5. The molecule has 0 aromatic heterocycles. The summed E-state index contributed by atoms with van der Waals surface area (Å²) in [5.74, 6) is 1.20. The van der Waals surface area contributed by atoms with Crippen molar-refractivity contribution in [2.24, 2.45) is 0 Å². The van der Waals surface area contributed by atoms with Crippen LogP contribution in [0.15, 0.2) is 36.4 Å². The van der Waals surface area contributed by atoms with Gasteiger partial charge in [-0.25, -0.2) is 0 Å². The van der Waals surface area contributed by atoms with Crippen LogP contribution in [-0.4, -0.2) is 11.7 Å². The van der Waals surface area contributed by atoms with Gasteiger partial charge in [-0.2, -0.15) is 0 Å². The maximum absolute atomic E-state index is 9.37. The van der Waals surface area contributed by atoms with Gasteiger partial charge in [0.25, 0.3) is 0 Å². The summed E-state index contributed by atoms with van der Waals surface area (Å²) in [5, 5.41) is 11.5. The molecule has 1 N–H and O–H groups in total. The Bertz CT molecular complexity index is 491. The van der Waals surface area contributed by atoms with Gasteiger partial charge in [0.15, 0.2) is 0 Å². The predicted octanol–water partition coefficient (Wildman–Crippen LogP) is 4.11. The lowest BCUT2D eigenvalue weighted by molar-refractivity contribution is 0.306. The zero-order valence-electron chi connectivity index (χ0n) is 10.1. The highest BCUT2D eigenvalue weighted by Gasteiger charge is 1.98. The Morgan fingerprint density at radius 2 is 1.76 bits per heavy atom. The van der Waals surface area contributed by atoms with Crippen LogP contribution >= 0.6 is 0 Å². The second-order valence-corrected chi connectivity index (χ2v) is 4.25. The van der Waals surface area contributed by atoms with Gasteiger partial charge >= 0.3 is 0 Å². The van der Waals surface area contributed by atoms with Crippen molar-refractivity contribution >= 4 is 10.8 Å². The number of phenols is 1. The second-order valence-electron chi connectivity index (χ2n) is 4.25. The number of unbranched alkanes of at least 4 members (excludes halogenated alkanes) is 2. The zero-order chi connectivity index (χ0) is 12.1. The normalized spacial score (nSPS) is 10.6.